The number of benzene rings is 1. The van der Waals surface area contributed by atoms with Gasteiger partial charge in [-0.2, -0.15) is 0 Å². The maximum Gasteiger partial charge on any atom is 0.349 e. The van der Waals surface area contributed by atoms with Gasteiger partial charge in [0, 0.05) is 5.56 Å². The number of carbonyl (C=O) groups is 3. The van der Waals surface area contributed by atoms with Gasteiger partial charge in [0.2, 0.25) is 0 Å². The Hall–Kier alpha value is -2.67. The first-order valence-electron chi connectivity index (χ1n) is 9.37. The van der Waals surface area contributed by atoms with Gasteiger partial charge in [-0.3, -0.25) is 4.79 Å². The van der Waals surface area contributed by atoms with Crippen LogP contribution in [0.25, 0.3) is 0 Å². The zero-order valence-electron chi connectivity index (χ0n) is 17.9. The molecule has 156 valence electrons. The molecule has 0 aliphatic rings. The van der Waals surface area contributed by atoms with Crippen LogP contribution in [0.4, 0.5) is 5.00 Å². The maximum absolute atomic E-state index is 12.8. The summed E-state index contributed by atoms with van der Waals surface area (Å²) in [6, 6.07) is 5.36. The Labute approximate surface area is 175 Å². The van der Waals surface area contributed by atoms with Crippen molar-refractivity contribution in [3.05, 3.63) is 50.9 Å². The molecule has 7 heteroatoms. The second-order valence-electron chi connectivity index (χ2n) is 7.74. The Bertz CT molecular complexity index is 953. The van der Waals surface area contributed by atoms with Crippen molar-refractivity contribution in [3.63, 3.8) is 0 Å². The molecule has 1 heterocycles. The Balaban J connectivity index is 2.44. The summed E-state index contributed by atoms with van der Waals surface area (Å²) in [7, 11) is 0. The fourth-order valence-electron chi connectivity index (χ4n) is 2.63. The lowest BCUT2D eigenvalue weighted by atomic mass is 10.1. The first kappa shape index (κ1) is 22.6. The summed E-state index contributed by atoms with van der Waals surface area (Å²) in [5.74, 6) is -1.50. The van der Waals surface area contributed by atoms with E-state index < -0.39 is 17.5 Å². The number of amides is 1. The highest BCUT2D eigenvalue weighted by molar-refractivity contribution is 7.18. The number of esters is 2. The molecular weight excluding hydrogens is 390 g/mol. The van der Waals surface area contributed by atoms with Crippen molar-refractivity contribution in [2.75, 3.05) is 11.9 Å². The highest BCUT2D eigenvalue weighted by Crippen LogP contribution is 2.35. The summed E-state index contributed by atoms with van der Waals surface area (Å²) in [5.41, 5.74) is 2.45. The molecule has 0 radical (unpaired) electrons. The van der Waals surface area contributed by atoms with Crippen LogP contribution in [0.15, 0.2) is 18.2 Å². The van der Waals surface area contributed by atoms with E-state index in [4.69, 9.17) is 9.47 Å². The van der Waals surface area contributed by atoms with Crippen molar-refractivity contribution in [2.24, 2.45) is 0 Å². The van der Waals surface area contributed by atoms with Crippen LogP contribution < -0.4 is 5.32 Å². The Kier molecular flexibility index (Phi) is 6.85. The summed E-state index contributed by atoms with van der Waals surface area (Å²) in [5, 5.41) is 3.03. The SMILES string of the molecule is CCOC(=O)c1c(NC(=O)c2ccc(C)c(C)c2)sc(C(=O)OC(C)(C)C)c1C. The summed E-state index contributed by atoms with van der Waals surface area (Å²) < 4.78 is 10.6. The van der Waals surface area contributed by atoms with Gasteiger partial charge >= 0.3 is 11.9 Å². The fraction of sp³-hybridized carbons (Fsp3) is 0.409. The van der Waals surface area contributed by atoms with Gasteiger partial charge in [-0.05, 0) is 77.3 Å². The number of carbonyl (C=O) groups excluding carboxylic acids is 3. The van der Waals surface area contributed by atoms with Gasteiger partial charge < -0.3 is 14.8 Å². The molecule has 0 spiro atoms. The normalized spacial score (nSPS) is 11.1. The van der Waals surface area contributed by atoms with E-state index >= 15 is 0 Å². The van der Waals surface area contributed by atoms with Gasteiger partial charge in [0.15, 0.2) is 0 Å². The third-order valence-electron chi connectivity index (χ3n) is 4.21. The first-order valence-corrected chi connectivity index (χ1v) is 10.2. The number of thiophene rings is 1. The minimum atomic E-state index is -0.680. The summed E-state index contributed by atoms with van der Waals surface area (Å²) in [4.78, 5) is 38.1. The van der Waals surface area contributed by atoms with Crippen LogP contribution in [0.2, 0.25) is 0 Å². The topological polar surface area (TPSA) is 81.7 Å². The predicted octanol–water partition coefficient (Wildman–Crippen LogP) is 5.06. The molecule has 0 aliphatic heterocycles. The zero-order valence-corrected chi connectivity index (χ0v) is 18.7. The molecule has 2 aromatic rings. The van der Waals surface area contributed by atoms with Gasteiger partial charge in [-0.1, -0.05) is 6.07 Å². The van der Waals surface area contributed by atoms with E-state index in [1.165, 1.54) is 0 Å². The molecule has 0 atom stereocenters. The van der Waals surface area contributed by atoms with E-state index in [9.17, 15) is 14.4 Å². The molecule has 29 heavy (non-hydrogen) atoms. The molecule has 2 rings (SSSR count). The molecule has 0 saturated heterocycles. The molecular formula is C22H27NO5S. The van der Waals surface area contributed by atoms with E-state index in [2.05, 4.69) is 5.32 Å². The molecule has 1 amide bonds. The van der Waals surface area contributed by atoms with Gasteiger partial charge in [-0.15, -0.1) is 11.3 Å². The van der Waals surface area contributed by atoms with Crippen LogP contribution in [0, 0.1) is 20.8 Å². The van der Waals surface area contributed by atoms with Crippen molar-refractivity contribution in [3.8, 4) is 0 Å². The van der Waals surface area contributed by atoms with Crippen LogP contribution in [-0.2, 0) is 9.47 Å². The van der Waals surface area contributed by atoms with Crippen molar-refractivity contribution in [1.82, 2.24) is 0 Å². The number of hydrogen-bond acceptors (Lipinski definition) is 6. The summed E-state index contributed by atoms with van der Waals surface area (Å²) in [6.07, 6.45) is 0. The highest BCUT2D eigenvalue weighted by Gasteiger charge is 2.29. The minimum Gasteiger partial charge on any atom is -0.462 e. The predicted molar refractivity (Wildman–Crippen MR) is 114 cm³/mol. The average molecular weight is 418 g/mol. The Morgan fingerprint density at radius 3 is 2.24 bits per heavy atom. The quantitative estimate of drug-likeness (QED) is 0.688. The molecule has 0 unspecified atom stereocenters. The van der Waals surface area contributed by atoms with E-state index in [1.807, 2.05) is 19.9 Å². The number of rotatable bonds is 5. The molecule has 1 aromatic heterocycles. The lowest BCUT2D eigenvalue weighted by Gasteiger charge is -2.19. The summed E-state index contributed by atoms with van der Waals surface area (Å²) in [6.45, 7) is 12.7. The number of aryl methyl sites for hydroxylation is 2. The van der Waals surface area contributed by atoms with Crippen molar-refractivity contribution >= 4 is 34.2 Å². The molecule has 1 N–H and O–H groups in total. The third kappa shape index (κ3) is 5.44. The molecule has 0 aliphatic carbocycles. The third-order valence-corrected chi connectivity index (χ3v) is 5.39. The van der Waals surface area contributed by atoms with Crippen molar-refractivity contribution < 1.29 is 23.9 Å². The Morgan fingerprint density at radius 1 is 1.03 bits per heavy atom. The van der Waals surface area contributed by atoms with Crippen LogP contribution >= 0.6 is 11.3 Å². The van der Waals surface area contributed by atoms with Crippen LogP contribution in [0.5, 0.6) is 0 Å². The number of ether oxygens (including phenoxy) is 2. The van der Waals surface area contributed by atoms with Gasteiger partial charge in [-0.25, -0.2) is 9.59 Å². The van der Waals surface area contributed by atoms with E-state index in [-0.39, 0.29) is 28.0 Å². The fourth-order valence-corrected chi connectivity index (χ4v) is 3.69. The minimum absolute atomic E-state index is 0.176. The van der Waals surface area contributed by atoms with Crippen molar-refractivity contribution in [1.29, 1.82) is 0 Å². The van der Waals surface area contributed by atoms with Gasteiger partial charge in [0.05, 0.1) is 12.2 Å². The maximum atomic E-state index is 12.8. The van der Waals surface area contributed by atoms with Crippen LogP contribution in [-0.4, -0.2) is 30.1 Å². The highest BCUT2D eigenvalue weighted by atomic mass is 32.1. The Morgan fingerprint density at radius 2 is 1.69 bits per heavy atom. The number of hydrogen-bond donors (Lipinski definition) is 1. The number of anilines is 1. The second-order valence-corrected chi connectivity index (χ2v) is 8.76. The molecule has 0 bridgehead atoms. The average Bonchev–Trinajstić information content (AvgIpc) is 2.92. The molecule has 0 fully saturated rings. The second kappa shape index (κ2) is 8.78. The first-order chi connectivity index (χ1) is 13.4. The molecule has 1 aromatic carbocycles. The monoisotopic (exact) mass is 417 g/mol. The van der Waals surface area contributed by atoms with E-state index in [0.29, 0.717) is 11.1 Å². The molecule has 0 saturated carbocycles. The number of nitrogens with one attached hydrogen (secondary N) is 1. The van der Waals surface area contributed by atoms with Crippen LogP contribution in [0.1, 0.15) is 74.8 Å². The summed E-state index contributed by atoms with van der Waals surface area (Å²) >= 11 is 1.01. The van der Waals surface area contributed by atoms with Gasteiger partial charge in [0.1, 0.15) is 15.5 Å². The smallest absolute Gasteiger partial charge is 0.349 e. The standard InChI is InChI=1S/C22H27NO5S/c1-8-27-20(25)16-14(4)17(21(26)28-22(5,6)7)29-19(16)23-18(24)15-10-9-12(2)13(3)11-15/h9-11H,8H2,1-7H3,(H,23,24). The van der Waals surface area contributed by atoms with E-state index in [0.717, 1.165) is 22.5 Å². The zero-order chi connectivity index (χ0) is 21.9. The largest absolute Gasteiger partial charge is 0.462 e. The van der Waals surface area contributed by atoms with Crippen molar-refractivity contribution in [2.45, 2.75) is 54.1 Å². The van der Waals surface area contributed by atoms with Gasteiger partial charge in [0.25, 0.3) is 5.91 Å². The lowest BCUT2D eigenvalue weighted by Crippen LogP contribution is -2.23. The lowest BCUT2D eigenvalue weighted by molar-refractivity contribution is 0.00744. The van der Waals surface area contributed by atoms with Crippen LogP contribution in [0.3, 0.4) is 0 Å². The molecule has 6 nitrogen and oxygen atoms in total. The van der Waals surface area contributed by atoms with E-state index in [1.54, 1.807) is 46.8 Å².